The van der Waals surface area contributed by atoms with E-state index in [2.05, 4.69) is 0 Å². The zero-order valence-electron chi connectivity index (χ0n) is 14.0. The van der Waals surface area contributed by atoms with Gasteiger partial charge in [-0.15, -0.1) is 0 Å². The van der Waals surface area contributed by atoms with Crippen LogP contribution in [0.1, 0.15) is 38.3 Å². The number of nitrogens with zero attached hydrogens (tertiary/aromatic N) is 1. The number of carbonyl (C=O) groups excluding carboxylic acids is 1. The first kappa shape index (κ1) is 16.9. The van der Waals surface area contributed by atoms with Crippen molar-refractivity contribution in [1.82, 2.24) is 4.90 Å². The number of alkyl halides is 3. The lowest BCUT2D eigenvalue weighted by molar-refractivity contribution is -0.195. The summed E-state index contributed by atoms with van der Waals surface area (Å²) in [6, 6.07) is 3.07. The van der Waals surface area contributed by atoms with Crippen molar-refractivity contribution < 1.29 is 18.0 Å². The molecule has 7 heteroatoms. The molecule has 1 aliphatic heterocycles. The number of amides is 1. The number of hydrogen-bond acceptors (Lipinski definition) is 3. The number of carbonyl (C=O) groups is 1. The van der Waals surface area contributed by atoms with E-state index in [1.807, 2.05) is 26.8 Å². The van der Waals surface area contributed by atoms with Crippen LogP contribution in [0.5, 0.6) is 0 Å². The van der Waals surface area contributed by atoms with Crippen LogP contribution in [0.25, 0.3) is 0 Å². The summed E-state index contributed by atoms with van der Waals surface area (Å²) in [6.07, 6.45) is -4.05. The van der Waals surface area contributed by atoms with Crippen LogP contribution in [0.3, 0.4) is 0 Å². The molecule has 1 aromatic rings. The molecule has 0 spiro atoms. The second-order valence-corrected chi connectivity index (χ2v) is 7.66. The Morgan fingerprint density at radius 1 is 1.21 bits per heavy atom. The second kappa shape index (κ2) is 4.80. The van der Waals surface area contributed by atoms with Gasteiger partial charge in [-0.05, 0) is 41.5 Å². The molecule has 132 valence electrons. The minimum absolute atomic E-state index is 0.0899. The Balaban J connectivity index is 2.13. The molecular formula is C17H22F3N3O. The van der Waals surface area contributed by atoms with Gasteiger partial charge in [0.05, 0.1) is 11.4 Å². The first-order valence-corrected chi connectivity index (χ1v) is 7.96. The SMILES string of the molecule is CC12CCN(C(=O)C(F)(F)F)C(Cc3cc(N)c(N)cc31)C2(C)C. The molecule has 2 atom stereocenters. The Morgan fingerprint density at radius 2 is 1.79 bits per heavy atom. The van der Waals surface area contributed by atoms with Crippen LogP contribution in [0, 0.1) is 5.41 Å². The van der Waals surface area contributed by atoms with E-state index < -0.39 is 23.5 Å². The predicted octanol–water partition coefficient (Wildman–Crippen LogP) is 2.85. The van der Waals surface area contributed by atoms with Crippen molar-refractivity contribution in [2.45, 2.75) is 51.2 Å². The van der Waals surface area contributed by atoms with Crippen LogP contribution in [0.4, 0.5) is 24.5 Å². The number of fused-ring (bicyclic) bond motifs is 4. The fourth-order valence-electron chi connectivity index (χ4n) is 4.40. The third-order valence-corrected chi connectivity index (χ3v) is 6.30. The quantitative estimate of drug-likeness (QED) is 0.713. The lowest BCUT2D eigenvalue weighted by Crippen LogP contribution is -2.66. The van der Waals surface area contributed by atoms with Crippen LogP contribution in [-0.4, -0.2) is 29.6 Å². The van der Waals surface area contributed by atoms with Crippen LogP contribution in [0.2, 0.25) is 0 Å². The third kappa shape index (κ3) is 2.09. The number of hydrogen-bond donors (Lipinski definition) is 2. The topological polar surface area (TPSA) is 72.3 Å². The average Bonchev–Trinajstić information content (AvgIpc) is 2.44. The number of piperidine rings is 1. The normalized spacial score (nSPS) is 28.4. The summed E-state index contributed by atoms with van der Waals surface area (Å²) < 4.78 is 39.0. The van der Waals surface area contributed by atoms with Crippen molar-refractivity contribution in [3.63, 3.8) is 0 Å². The molecule has 2 unspecified atom stereocenters. The highest BCUT2D eigenvalue weighted by Gasteiger charge is 2.59. The zero-order chi connectivity index (χ0) is 18.1. The maximum absolute atomic E-state index is 13.0. The molecule has 1 saturated heterocycles. The monoisotopic (exact) mass is 341 g/mol. The number of nitrogens with two attached hydrogens (primary N) is 2. The highest BCUT2D eigenvalue weighted by molar-refractivity contribution is 5.83. The van der Waals surface area contributed by atoms with Gasteiger partial charge in [0.15, 0.2) is 0 Å². The Hall–Kier alpha value is -1.92. The minimum atomic E-state index is -4.86. The van der Waals surface area contributed by atoms with E-state index in [4.69, 9.17) is 11.5 Å². The van der Waals surface area contributed by atoms with E-state index >= 15 is 0 Å². The Morgan fingerprint density at radius 3 is 2.38 bits per heavy atom. The van der Waals surface area contributed by atoms with Crippen LogP contribution >= 0.6 is 0 Å². The highest BCUT2D eigenvalue weighted by Crippen LogP contribution is 2.57. The van der Waals surface area contributed by atoms with Crippen molar-refractivity contribution in [1.29, 1.82) is 0 Å². The molecule has 0 saturated carbocycles. The molecular weight excluding hydrogens is 319 g/mol. The summed E-state index contributed by atoms with van der Waals surface area (Å²) in [5.74, 6) is -1.76. The van der Waals surface area contributed by atoms with Crippen LogP contribution in [-0.2, 0) is 16.6 Å². The molecule has 1 heterocycles. The van der Waals surface area contributed by atoms with E-state index in [-0.39, 0.29) is 12.0 Å². The molecule has 4 N–H and O–H groups in total. The van der Waals surface area contributed by atoms with Gasteiger partial charge in [-0.1, -0.05) is 20.8 Å². The van der Waals surface area contributed by atoms with Gasteiger partial charge in [0.2, 0.25) is 0 Å². The number of benzene rings is 1. The second-order valence-electron chi connectivity index (χ2n) is 7.66. The van der Waals surface area contributed by atoms with Gasteiger partial charge in [0, 0.05) is 18.0 Å². The lowest BCUT2D eigenvalue weighted by Gasteiger charge is -2.60. The summed E-state index contributed by atoms with van der Waals surface area (Å²) in [7, 11) is 0. The third-order valence-electron chi connectivity index (χ3n) is 6.30. The summed E-state index contributed by atoms with van der Waals surface area (Å²) in [4.78, 5) is 12.9. The molecule has 3 rings (SSSR count). The fraction of sp³-hybridized carbons (Fsp3) is 0.588. The molecule has 2 bridgehead atoms. The Bertz CT molecular complexity index is 714. The van der Waals surface area contributed by atoms with E-state index in [1.165, 1.54) is 0 Å². The van der Waals surface area contributed by atoms with Crippen molar-refractivity contribution in [2.24, 2.45) is 5.41 Å². The van der Waals surface area contributed by atoms with Crippen molar-refractivity contribution in [3.8, 4) is 0 Å². The van der Waals surface area contributed by atoms with E-state index in [0.717, 1.165) is 16.0 Å². The summed E-state index contributed by atoms with van der Waals surface area (Å²) in [5.41, 5.74) is 13.8. The lowest BCUT2D eigenvalue weighted by atomic mass is 9.51. The predicted molar refractivity (Wildman–Crippen MR) is 86.3 cm³/mol. The fourth-order valence-corrected chi connectivity index (χ4v) is 4.40. The summed E-state index contributed by atoms with van der Waals surface area (Å²) >= 11 is 0. The number of rotatable bonds is 0. The summed E-state index contributed by atoms with van der Waals surface area (Å²) in [6.45, 7) is 6.00. The molecule has 1 fully saturated rings. The molecule has 2 aliphatic rings. The first-order chi connectivity index (χ1) is 10.9. The Labute approximate surface area is 139 Å². The van der Waals surface area contributed by atoms with E-state index in [1.54, 1.807) is 6.07 Å². The van der Waals surface area contributed by atoms with Gasteiger partial charge in [-0.3, -0.25) is 4.79 Å². The average molecular weight is 341 g/mol. The maximum atomic E-state index is 13.0. The largest absolute Gasteiger partial charge is 0.471 e. The van der Waals surface area contributed by atoms with Crippen LogP contribution < -0.4 is 11.5 Å². The van der Waals surface area contributed by atoms with E-state index in [0.29, 0.717) is 24.2 Å². The van der Waals surface area contributed by atoms with Gasteiger partial charge < -0.3 is 16.4 Å². The minimum Gasteiger partial charge on any atom is -0.397 e. The molecule has 4 nitrogen and oxygen atoms in total. The van der Waals surface area contributed by atoms with Crippen molar-refractivity contribution >= 4 is 17.3 Å². The van der Waals surface area contributed by atoms with Gasteiger partial charge >= 0.3 is 12.1 Å². The Kier molecular flexibility index (Phi) is 3.38. The number of likely N-dealkylation sites (tertiary alicyclic amines) is 1. The van der Waals surface area contributed by atoms with Crippen molar-refractivity contribution in [3.05, 3.63) is 23.3 Å². The van der Waals surface area contributed by atoms with E-state index in [9.17, 15) is 18.0 Å². The van der Waals surface area contributed by atoms with Crippen LogP contribution in [0.15, 0.2) is 12.1 Å². The van der Waals surface area contributed by atoms with Gasteiger partial charge in [-0.25, -0.2) is 0 Å². The summed E-state index contributed by atoms with van der Waals surface area (Å²) in [5, 5.41) is 0. The maximum Gasteiger partial charge on any atom is 0.471 e. The van der Waals surface area contributed by atoms with Gasteiger partial charge in [0.1, 0.15) is 0 Å². The molecule has 24 heavy (non-hydrogen) atoms. The molecule has 0 aromatic heterocycles. The number of anilines is 2. The zero-order valence-corrected chi connectivity index (χ0v) is 14.0. The number of nitrogen functional groups attached to an aromatic ring is 2. The van der Waals surface area contributed by atoms with Gasteiger partial charge in [-0.2, -0.15) is 13.2 Å². The first-order valence-electron chi connectivity index (χ1n) is 7.96. The van der Waals surface area contributed by atoms with Gasteiger partial charge in [0.25, 0.3) is 0 Å². The molecule has 1 amide bonds. The standard InChI is InChI=1S/C17H22F3N3O/c1-15(2)13-7-9-6-11(21)12(22)8-10(9)16(15,3)4-5-23(13)14(24)17(18,19)20/h6,8,13H,4-5,7,21-22H2,1-3H3. The number of halogens is 3. The molecule has 0 radical (unpaired) electrons. The smallest absolute Gasteiger partial charge is 0.397 e. The molecule has 1 aromatic carbocycles. The van der Waals surface area contributed by atoms with Crippen molar-refractivity contribution in [2.75, 3.05) is 18.0 Å². The highest BCUT2D eigenvalue weighted by atomic mass is 19.4. The molecule has 1 aliphatic carbocycles.